The van der Waals surface area contributed by atoms with E-state index in [1.54, 1.807) is 13.8 Å². The molecule has 0 fully saturated rings. The van der Waals surface area contributed by atoms with Crippen molar-refractivity contribution in [2.75, 3.05) is 10.7 Å². The van der Waals surface area contributed by atoms with Gasteiger partial charge in [-0.15, -0.1) is 0 Å². The third kappa shape index (κ3) is 4.57. The van der Waals surface area contributed by atoms with E-state index in [9.17, 15) is 18.0 Å². The van der Waals surface area contributed by atoms with Gasteiger partial charge in [0.05, 0.1) is 5.56 Å². The zero-order valence-electron chi connectivity index (χ0n) is 11.0. The summed E-state index contributed by atoms with van der Waals surface area (Å²) in [5.41, 5.74) is 5.40. The summed E-state index contributed by atoms with van der Waals surface area (Å²) in [5.74, 6) is 4.32. The number of hydrogen-bond donors (Lipinski definition) is 4. The largest absolute Gasteiger partial charge is 0.416 e. The summed E-state index contributed by atoms with van der Waals surface area (Å²) >= 11 is 0. The van der Waals surface area contributed by atoms with Crippen LogP contribution in [0.4, 0.5) is 24.8 Å². The molecule has 1 aromatic heterocycles. The molecule has 112 valence electrons. The van der Waals surface area contributed by atoms with Crippen LogP contribution in [0.3, 0.4) is 0 Å². The minimum absolute atomic E-state index is 0.0565. The van der Waals surface area contributed by atoms with E-state index in [1.807, 2.05) is 0 Å². The molecule has 0 aliphatic rings. The van der Waals surface area contributed by atoms with Crippen LogP contribution in [0.1, 0.15) is 25.8 Å². The Balaban J connectivity index is 3.09. The molecule has 0 atom stereocenters. The minimum atomic E-state index is -4.53. The number of nitrogens with zero attached hydrogens (tertiary/aromatic N) is 1. The number of anilines is 2. The number of halogens is 3. The molecule has 0 saturated heterocycles. The number of carbonyl (C=O) groups is 1. The Morgan fingerprint density at radius 1 is 1.30 bits per heavy atom. The van der Waals surface area contributed by atoms with Crippen molar-refractivity contribution in [2.24, 2.45) is 11.6 Å². The molecule has 0 spiro atoms. The highest BCUT2D eigenvalue weighted by Gasteiger charge is 2.32. The Morgan fingerprint density at radius 3 is 2.30 bits per heavy atom. The zero-order chi connectivity index (χ0) is 15.6. The summed E-state index contributed by atoms with van der Waals surface area (Å²) < 4.78 is 38.2. The summed E-state index contributed by atoms with van der Waals surface area (Å²) in [6, 6.07) is 1.62. The first-order valence-corrected chi connectivity index (χ1v) is 5.66. The number of pyridine rings is 1. The number of rotatable bonds is 5. The lowest BCUT2D eigenvalue weighted by atomic mass is 10.0. The number of alkyl halides is 3. The Morgan fingerprint density at radius 2 is 1.85 bits per heavy atom. The second kappa shape index (κ2) is 5.53. The van der Waals surface area contributed by atoms with Crippen LogP contribution in [0.5, 0.6) is 0 Å². The van der Waals surface area contributed by atoms with Gasteiger partial charge in [0, 0.05) is 12.0 Å². The van der Waals surface area contributed by atoms with Gasteiger partial charge < -0.3 is 16.5 Å². The number of nitrogens with one attached hydrogen (secondary N) is 2. The van der Waals surface area contributed by atoms with Crippen LogP contribution in [-0.4, -0.2) is 16.4 Å². The molecule has 0 bridgehead atoms. The number of amides is 1. The van der Waals surface area contributed by atoms with Crippen LogP contribution in [0.15, 0.2) is 12.1 Å². The second-order valence-electron chi connectivity index (χ2n) is 4.92. The molecule has 0 radical (unpaired) electrons. The average Bonchev–Trinajstić information content (AvgIpc) is 2.24. The van der Waals surface area contributed by atoms with Gasteiger partial charge in [0.25, 0.3) is 0 Å². The lowest BCUT2D eigenvalue weighted by molar-refractivity contribution is -0.137. The van der Waals surface area contributed by atoms with Crippen LogP contribution >= 0.6 is 0 Å². The molecule has 1 heterocycles. The Bertz CT molecular complexity index is 501. The van der Waals surface area contributed by atoms with E-state index >= 15 is 0 Å². The maximum atomic E-state index is 12.7. The van der Waals surface area contributed by atoms with Gasteiger partial charge in [0.1, 0.15) is 11.6 Å². The zero-order valence-corrected chi connectivity index (χ0v) is 11.0. The molecule has 0 aliphatic heterocycles. The van der Waals surface area contributed by atoms with Crippen LogP contribution in [-0.2, 0) is 11.0 Å². The molecule has 0 aromatic carbocycles. The van der Waals surface area contributed by atoms with Crippen LogP contribution < -0.4 is 22.3 Å². The normalized spacial score (nSPS) is 12.1. The molecule has 1 aromatic rings. The molecule has 6 N–H and O–H groups in total. The first kappa shape index (κ1) is 16.0. The Kier molecular flexibility index (Phi) is 4.43. The van der Waals surface area contributed by atoms with Crippen molar-refractivity contribution in [3.8, 4) is 0 Å². The van der Waals surface area contributed by atoms with E-state index in [0.29, 0.717) is 0 Å². The molecule has 0 saturated carbocycles. The van der Waals surface area contributed by atoms with Crippen LogP contribution in [0, 0.1) is 0 Å². The number of nitrogen functional groups attached to an aromatic ring is 1. The minimum Gasteiger partial charge on any atom is -0.370 e. The first-order valence-electron chi connectivity index (χ1n) is 5.66. The average molecular weight is 291 g/mol. The lowest BCUT2D eigenvalue weighted by Gasteiger charge is -2.26. The summed E-state index contributed by atoms with van der Waals surface area (Å²) in [7, 11) is 0. The maximum Gasteiger partial charge on any atom is 0.416 e. The molecule has 0 unspecified atom stereocenters. The van der Waals surface area contributed by atoms with E-state index in [0.717, 1.165) is 12.1 Å². The summed E-state index contributed by atoms with van der Waals surface area (Å²) in [5, 5.41) is 2.73. The van der Waals surface area contributed by atoms with Crippen molar-refractivity contribution in [1.82, 2.24) is 4.98 Å². The predicted octanol–water partition coefficient (Wildman–Crippen LogP) is 1.45. The Hall–Kier alpha value is -2.03. The molecular formula is C11H16F3N5O. The van der Waals surface area contributed by atoms with Gasteiger partial charge in [-0.25, -0.2) is 10.8 Å². The van der Waals surface area contributed by atoms with Crippen molar-refractivity contribution in [3.05, 3.63) is 17.7 Å². The number of aromatic nitrogens is 1. The predicted molar refractivity (Wildman–Crippen MR) is 68.6 cm³/mol. The van der Waals surface area contributed by atoms with Gasteiger partial charge in [0.2, 0.25) is 5.91 Å². The molecule has 1 rings (SSSR count). The van der Waals surface area contributed by atoms with Crippen molar-refractivity contribution in [3.63, 3.8) is 0 Å². The van der Waals surface area contributed by atoms with E-state index < -0.39 is 23.2 Å². The maximum absolute atomic E-state index is 12.7. The van der Waals surface area contributed by atoms with E-state index in [2.05, 4.69) is 15.7 Å². The molecule has 20 heavy (non-hydrogen) atoms. The van der Waals surface area contributed by atoms with Crippen molar-refractivity contribution < 1.29 is 18.0 Å². The van der Waals surface area contributed by atoms with Gasteiger partial charge in [-0.1, -0.05) is 0 Å². The number of hydrazine groups is 1. The summed E-state index contributed by atoms with van der Waals surface area (Å²) in [6.45, 7) is 3.24. The van der Waals surface area contributed by atoms with Crippen molar-refractivity contribution in [2.45, 2.75) is 32.0 Å². The second-order valence-corrected chi connectivity index (χ2v) is 4.92. The van der Waals surface area contributed by atoms with Gasteiger partial charge in [-0.2, -0.15) is 13.2 Å². The van der Waals surface area contributed by atoms with Gasteiger partial charge in [-0.3, -0.25) is 4.79 Å². The van der Waals surface area contributed by atoms with Gasteiger partial charge in [-0.05, 0) is 26.0 Å². The highest BCUT2D eigenvalue weighted by molar-refractivity contribution is 5.75. The van der Waals surface area contributed by atoms with E-state index in [1.165, 1.54) is 0 Å². The standard InChI is InChI=1S/C11H16F3N5O/c1-10(2,5-7(15)20)18-8-3-6(11(12,13)14)4-9(17-8)19-16/h3-4H,5,16H2,1-2H3,(H2,15,20)(H2,17,18,19). The van der Waals surface area contributed by atoms with E-state index in [-0.39, 0.29) is 18.1 Å². The van der Waals surface area contributed by atoms with Gasteiger partial charge in [0.15, 0.2) is 0 Å². The third-order valence-electron chi connectivity index (χ3n) is 2.38. The van der Waals surface area contributed by atoms with Crippen LogP contribution in [0.2, 0.25) is 0 Å². The fourth-order valence-electron chi connectivity index (χ4n) is 1.66. The number of hydrogen-bond acceptors (Lipinski definition) is 5. The fourth-order valence-corrected chi connectivity index (χ4v) is 1.66. The quantitative estimate of drug-likeness (QED) is 0.485. The lowest BCUT2D eigenvalue weighted by Crippen LogP contribution is -2.36. The highest BCUT2D eigenvalue weighted by atomic mass is 19.4. The topological polar surface area (TPSA) is 106 Å². The molecule has 1 amide bonds. The van der Waals surface area contributed by atoms with E-state index in [4.69, 9.17) is 11.6 Å². The Labute approximate surface area is 113 Å². The smallest absolute Gasteiger partial charge is 0.370 e. The SMILES string of the molecule is CC(C)(CC(N)=O)Nc1cc(C(F)(F)F)cc(NN)n1. The number of nitrogens with two attached hydrogens (primary N) is 2. The monoisotopic (exact) mass is 291 g/mol. The highest BCUT2D eigenvalue weighted by Crippen LogP contribution is 2.32. The van der Waals surface area contributed by atoms with Gasteiger partial charge >= 0.3 is 6.18 Å². The molecular weight excluding hydrogens is 275 g/mol. The first-order chi connectivity index (χ1) is 9.03. The van der Waals surface area contributed by atoms with Crippen LogP contribution in [0.25, 0.3) is 0 Å². The molecule has 9 heteroatoms. The summed E-state index contributed by atoms with van der Waals surface area (Å²) in [6.07, 6.45) is -4.59. The molecule has 6 nitrogen and oxygen atoms in total. The summed E-state index contributed by atoms with van der Waals surface area (Å²) in [4.78, 5) is 14.8. The molecule has 0 aliphatic carbocycles. The third-order valence-corrected chi connectivity index (χ3v) is 2.38. The van der Waals surface area contributed by atoms with Crippen molar-refractivity contribution >= 4 is 17.5 Å². The number of primary amides is 1. The fraction of sp³-hybridized carbons (Fsp3) is 0.455. The number of carbonyl (C=O) groups excluding carboxylic acids is 1. The van der Waals surface area contributed by atoms with Crippen molar-refractivity contribution in [1.29, 1.82) is 0 Å².